The molecule has 144 valence electrons. The van der Waals surface area contributed by atoms with Gasteiger partial charge in [-0.05, 0) is 32.8 Å². The lowest BCUT2D eigenvalue weighted by molar-refractivity contribution is -0.148. The summed E-state index contributed by atoms with van der Waals surface area (Å²) in [5, 5.41) is 2.96. The molecule has 1 aromatic rings. The van der Waals surface area contributed by atoms with E-state index in [0.717, 1.165) is 35.4 Å². The van der Waals surface area contributed by atoms with Crippen LogP contribution in [0.2, 0.25) is 0 Å². The van der Waals surface area contributed by atoms with Gasteiger partial charge in [0.15, 0.2) is 12.4 Å². The Labute approximate surface area is 159 Å². The van der Waals surface area contributed by atoms with Gasteiger partial charge in [0.2, 0.25) is 0 Å². The zero-order valence-corrected chi connectivity index (χ0v) is 16.6. The van der Waals surface area contributed by atoms with Gasteiger partial charge < -0.3 is 10.1 Å². The van der Waals surface area contributed by atoms with E-state index in [9.17, 15) is 14.4 Å². The standard InChI is InChI=1S/C20H29NO4S/c1-14-12-17(15(2)26-14)18(22)10-11-20(24)25-13-19(23)21-16-8-6-4-3-5-7-9-16/h12,16H,3-11,13H2,1-2H3,(H,21,23). The Balaban J connectivity index is 1.66. The monoisotopic (exact) mass is 379 g/mol. The summed E-state index contributed by atoms with van der Waals surface area (Å²) in [7, 11) is 0. The van der Waals surface area contributed by atoms with Gasteiger partial charge in [-0.1, -0.05) is 32.1 Å². The molecule has 0 bridgehead atoms. The van der Waals surface area contributed by atoms with Gasteiger partial charge in [-0.3, -0.25) is 14.4 Å². The number of Topliss-reactive ketones (excluding diaryl/α,β-unsaturated/α-hetero) is 1. The predicted octanol–water partition coefficient (Wildman–Crippen LogP) is 4.10. The van der Waals surface area contributed by atoms with Gasteiger partial charge in [-0.15, -0.1) is 11.3 Å². The number of ketones is 1. The number of carbonyl (C=O) groups is 3. The second-order valence-corrected chi connectivity index (χ2v) is 8.48. The van der Waals surface area contributed by atoms with Gasteiger partial charge in [0.25, 0.3) is 5.91 Å². The minimum atomic E-state index is -0.504. The van der Waals surface area contributed by atoms with E-state index < -0.39 is 5.97 Å². The van der Waals surface area contributed by atoms with E-state index >= 15 is 0 Å². The van der Waals surface area contributed by atoms with Crippen molar-refractivity contribution in [3.63, 3.8) is 0 Å². The highest BCUT2D eigenvalue weighted by Gasteiger charge is 2.17. The quantitative estimate of drug-likeness (QED) is 0.572. The van der Waals surface area contributed by atoms with Crippen LogP contribution >= 0.6 is 11.3 Å². The zero-order chi connectivity index (χ0) is 18.9. The van der Waals surface area contributed by atoms with Crippen molar-refractivity contribution < 1.29 is 19.1 Å². The van der Waals surface area contributed by atoms with E-state index in [2.05, 4.69) is 5.32 Å². The van der Waals surface area contributed by atoms with Gasteiger partial charge in [0, 0.05) is 27.8 Å². The molecule has 26 heavy (non-hydrogen) atoms. The SMILES string of the molecule is Cc1cc(C(=O)CCC(=O)OCC(=O)NC2CCCCCCC2)c(C)s1. The number of carbonyl (C=O) groups excluding carboxylic acids is 3. The fourth-order valence-corrected chi connectivity index (χ4v) is 4.29. The average molecular weight is 380 g/mol. The maximum atomic E-state index is 12.2. The van der Waals surface area contributed by atoms with E-state index in [1.807, 2.05) is 19.9 Å². The molecular weight excluding hydrogens is 350 g/mol. The number of amides is 1. The first-order valence-corrected chi connectivity index (χ1v) is 10.3. The van der Waals surface area contributed by atoms with Crippen LogP contribution < -0.4 is 5.32 Å². The smallest absolute Gasteiger partial charge is 0.306 e. The van der Waals surface area contributed by atoms with Gasteiger partial charge in [0.1, 0.15) is 0 Å². The van der Waals surface area contributed by atoms with Crippen molar-refractivity contribution in [1.29, 1.82) is 0 Å². The first-order chi connectivity index (χ1) is 12.5. The summed E-state index contributed by atoms with van der Waals surface area (Å²) in [6.07, 6.45) is 8.09. The number of rotatable bonds is 7. The van der Waals surface area contributed by atoms with E-state index in [0.29, 0.717) is 5.56 Å². The molecule has 1 N–H and O–H groups in total. The van der Waals surface area contributed by atoms with Crippen molar-refractivity contribution in [3.8, 4) is 0 Å². The van der Waals surface area contributed by atoms with Gasteiger partial charge in [-0.25, -0.2) is 0 Å². The van der Waals surface area contributed by atoms with E-state index in [-0.39, 0.29) is 37.2 Å². The topological polar surface area (TPSA) is 72.5 Å². The fourth-order valence-electron chi connectivity index (χ4n) is 3.35. The molecule has 0 unspecified atom stereocenters. The fraction of sp³-hybridized carbons (Fsp3) is 0.650. The average Bonchev–Trinajstić information content (AvgIpc) is 2.91. The number of hydrogen-bond acceptors (Lipinski definition) is 5. The third-order valence-corrected chi connectivity index (χ3v) is 5.70. The van der Waals surface area contributed by atoms with Crippen LogP contribution in [0.5, 0.6) is 0 Å². The van der Waals surface area contributed by atoms with Crippen molar-refractivity contribution in [2.45, 2.75) is 77.7 Å². The second kappa shape index (κ2) is 10.5. The van der Waals surface area contributed by atoms with Gasteiger partial charge in [0.05, 0.1) is 6.42 Å². The Kier molecular flexibility index (Phi) is 8.29. The predicted molar refractivity (Wildman–Crippen MR) is 103 cm³/mol. The van der Waals surface area contributed by atoms with Crippen LogP contribution in [0.4, 0.5) is 0 Å². The number of nitrogens with one attached hydrogen (secondary N) is 1. The molecule has 0 saturated heterocycles. The highest BCUT2D eigenvalue weighted by Crippen LogP contribution is 2.22. The van der Waals surface area contributed by atoms with Gasteiger partial charge in [-0.2, -0.15) is 0 Å². The largest absolute Gasteiger partial charge is 0.456 e. The Hall–Kier alpha value is -1.69. The van der Waals surface area contributed by atoms with Crippen LogP contribution in [0, 0.1) is 13.8 Å². The van der Waals surface area contributed by atoms with E-state index in [4.69, 9.17) is 4.74 Å². The number of esters is 1. The normalized spacial score (nSPS) is 15.8. The van der Waals surface area contributed by atoms with Crippen LogP contribution in [0.1, 0.15) is 77.9 Å². The summed E-state index contributed by atoms with van der Waals surface area (Å²) < 4.78 is 5.02. The van der Waals surface area contributed by atoms with Crippen LogP contribution in [-0.4, -0.2) is 30.3 Å². The molecular formula is C20H29NO4S. The molecule has 1 aliphatic carbocycles. The van der Waals surface area contributed by atoms with Crippen LogP contribution in [0.25, 0.3) is 0 Å². The molecule has 1 fully saturated rings. The molecule has 0 aliphatic heterocycles. The number of hydrogen-bond donors (Lipinski definition) is 1. The lowest BCUT2D eigenvalue weighted by atomic mass is 9.97. The summed E-state index contributed by atoms with van der Waals surface area (Å²) in [4.78, 5) is 38.0. The Morgan fingerprint density at radius 2 is 1.73 bits per heavy atom. The molecule has 2 rings (SSSR count). The molecule has 0 spiro atoms. The Bertz CT molecular complexity index is 630. The molecule has 0 aromatic carbocycles. The maximum Gasteiger partial charge on any atom is 0.306 e. The molecule has 1 amide bonds. The third kappa shape index (κ3) is 6.90. The zero-order valence-electron chi connectivity index (χ0n) is 15.8. The van der Waals surface area contributed by atoms with Crippen molar-refractivity contribution in [2.75, 3.05) is 6.61 Å². The Morgan fingerprint density at radius 1 is 1.08 bits per heavy atom. The number of thiophene rings is 1. The first-order valence-electron chi connectivity index (χ1n) is 9.51. The molecule has 1 aliphatic rings. The summed E-state index contributed by atoms with van der Waals surface area (Å²) >= 11 is 1.58. The molecule has 0 atom stereocenters. The molecule has 1 saturated carbocycles. The lowest BCUT2D eigenvalue weighted by Crippen LogP contribution is -2.38. The van der Waals surface area contributed by atoms with E-state index in [1.54, 1.807) is 11.3 Å². The molecule has 1 aromatic heterocycles. The molecule has 1 heterocycles. The highest BCUT2D eigenvalue weighted by molar-refractivity contribution is 7.12. The summed E-state index contributed by atoms with van der Waals surface area (Å²) in [6.45, 7) is 3.60. The van der Waals surface area contributed by atoms with Crippen LogP contribution in [0.3, 0.4) is 0 Å². The van der Waals surface area contributed by atoms with Gasteiger partial charge >= 0.3 is 5.97 Å². The summed E-state index contributed by atoms with van der Waals surface area (Å²) in [5.74, 6) is -0.807. The lowest BCUT2D eigenvalue weighted by Gasteiger charge is -2.20. The van der Waals surface area contributed by atoms with E-state index in [1.165, 1.54) is 19.3 Å². The molecule has 0 radical (unpaired) electrons. The number of aryl methyl sites for hydroxylation is 2. The summed E-state index contributed by atoms with van der Waals surface area (Å²) in [6, 6.07) is 2.05. The minimum absolute atomic E-state index is 0.00385. The second-order valence-electron chi connectivity index (χ2n) is 7.02. The Morgan fingerprint density at radius 3 is 2.35 bits per heavy atom. The molecule has 5 nitrogen and oxygen atoms in total. The molecule has 6 heteroatoms. The maximum absolute atomic E-state index is 12.2. The third-order valence-electron chi connectivity index (χ3n) is 4.73. The summed E-state index contributed by atoms with van der Waals surface area (Å²) in [5.41, 5.74) is 0.683. The van der Waals surface area contributed by atoms with Crippen LogP contribution in [0.15, 0.2) is 6.07 Å². The first kappa shape index (κ1) is 20.6. The highest BCUT2D eigenvalue weighted by atomic mass is 32.1. The van der Waals surface area contributed by atoms with Crippen molar-refractivity contribution >= 4 is 29.0 Å². The van der Waals surface area contributed by atoms with Crippen molar-refractivity contribution in [2.24, 2.45) is 0 Å². The van der Waals surface area contributed by atoms with Crippen molar-refractivity contribution in [3.05, 3.63) is 21.4 Å². The minimum Gasteiger partial charge on any atom is -0.456 e. The van der Waals surface area contributed by atoms with Crippen LogP contribution in [-0.2, 0) is 14.3 Å². The van der Waals surface area contributed by atoms with Crippen molar-refractivity contribution in [1.82, 2.24) is 5.32 Å². The number of ether oxygens (including phenoxy) is 1.